The van der Waals surface area contributed by atoms with Crippen LogP contribution in [0.25, 0.3) is 0 Å². The zero-order valence-electron chi connectivity index (χ0n) is 8.95. The highest BCUT2D eigenvalue weighted by Gasteiger charge is 2.24. The summed E-state index contributed by atoms with van der Waals surface area (Å²) in [6, 6.07) is 0. The molecule has 0 spiro atoms. The maximum atomic E-state index is 11.8. The van der Waals surface area contributed by atoms with Gasteiger partial charge < -0.3 is 4.90 Å². The first-order valence-electron chi connectivity index (χ1n) is 4.73. The van der Waals surface area contributed by atoms with Crippen molar-refractivity contribution in [3.63, 3.8) is 0 Å². The molecule has 1 fully saturated rings. The second-order valence-electron chi connectivity index (χ2n) is 3.40. The Labute approximate surface area is 94.5 Å². The van der Waals surface area contributed by atoms with E-state index in [0.29, 0.717) is 0 Å². The lowest BCUT2D eigenvalue weighted by Crippen LogP contribution is -2.37. The number of hydrogen-bond acceptors (Lipinski definition) is 3. The average molecular weight is 231 g/mol. The van der Waals surface area contributed by atoms with Crippen LogP contribution in [0.1, 0.15) is 12.8 Å². The topological polar surface area (TPSA) is 20.3 Å². The molecular weight excluding hydrogens is 214 g/mol. The molecule has 0 saturated carbocycles. The quantitative estimate of drug-likeness (QED) is 0.744. The van der Waals surface area contributed by atoms with Crippen LogP contribution in [0.2, 0.25) is 0 Å². The highest BCUT2D eigenvalue weighted by molar-refractivity contribution is 8.21. The number of hydrogen-bond donors (Lipinski definition) is 0. The van der Waals surface area contributed by atoms with Gasteiger partial charge in [0.25, 0.3) is 0 Å². The van der Waals surface area contributed by atoms with Crippen molar-refractivity contribution < 1.29 is 4.79 Å². The van der Waals surface area contributed by atoms with Crippen molar-refractivity contribution in [2.75, 3.05) is 26.1 Å². The number of likely N-dealkylation sites (tertiary alicyclic amines) is 1. The second kappa shape index (κ2) is 5.71. The van der Waals surface area contributed by atoms with Gasteiger partial charge in [-0.25, -0.2) is 0 Å². The molecule has 0 aliphatic carbocycles. The normalized spacial score (nSPS) is 22.4. The van der Waals surface area contributed by atoms with Crippen molar-refractivity contribution in [1.82, 2.24) is 4.90 Å². The van der Waals surface area contributed by atoms with Crippen LogP contribution in [0, 0.1) is 5.92 Å². The SMILES string of the molecule is CSC(=CC1CCCN(C)C1=O)SC. The zero-order valence-corrected chi connectivity index (χ0v) is 10.6. The average Bonchev–Trinajstić information content (AvgIpc) is 2.20. The summed E-state index contributed by atoms with van der Waals surface area (Å²) in [5.41, 5.74) is 0. The van der Waals surface area contributed by atoms with Gasteiger partial charge in [0.05, 0.1) is 5.92 Å². The predicted octanol–water partition coefficient (Wildman–Crippen LogP) is 2.42. The predicted molar refractivity (Wildman–Crippen MR) is 65.5 cm³/mol. The molecule has 14 heavy (non-hydrogen) atoms. The Morgan fingerprint density at radius 2 is 2.14 bits per heavy atom. The number of piperidine rings is 1. The number of thioether (sulfide) groups is 2. The lowest BCUT2D eigenvalue weighted by molar-refractivity contribution is -0.135. The van der Waals surface area contributed by atoms with Crippen molar-refractivity contribution in [3.8, 4) is 0 Å². The number of nitrogens with zero attached hydrogens (tertiary/aromatic N) is 1. The van der Waals surface area contributed by atoms with Crippen LogP contribution < -0.4 is 0 Å². The first-order valence-corrected chi connectivity index (χ1v) is 7.18. The molecule has 0 bridgehead atoms. The summed E-state index contributed by atoms with van der Waals surface area (Å²) >= 11 is 3.44. The van der Waals surface area contributed by atoms with Crippen LogP contribution in [0.5, 0.6) is 0 Å². The van der Waals surface area contributed by atoms with Gasteiger partial charge in [-0.05, 0) is 25.4 Å². The van der Waals surface area contributed by atoms with Crippen molar-refractivity contribution in [1.29, 1.82) is 0 Å². The summed E-state index contributed by atoms with van der Waals surface area (Å²) in [4.78, 5) is 13.6. The standard InChI is InChI=1S/C10H17NOS2/c1-11-6-4-5-8(10(11)12)7-9(13-2)14-3/h7-8H,4-6H2,1-3H3. The Hall–Kier alpha value is -0.0900. The molecule has 1 aliphatic heterocycles. The minimum atomic E-state index is 0.114. The molecule has 1 heterocycles. The summed E-state index contributed by atoms with van der Waals surface area (Å²) in [5, 5.41) is 0. The fraction of sp³-hybridized carbons (Fsp3) is 0.700. The van der Waals surface area contributed by atoms with Gasteiger partial charge in [0.15, 0.2) is 0 Å². The van der Waals surface area contributed by atoms with Crippen LogP contribution in [0.15, 0.2) is 10.3 Å². The summed E-state index contributed by atoms with van der Waals surface area (Å²) in [6.07, 6.45) is 8.36. The molecular formula is C10H17NOS2. The van der Waals surface area contributed by atoms with E-state index in [1.54, 1.807) is 23.5 Å². The first kappa shape index (κ1) is 12.0. The third-order valence-electron chi connectivity index (χ3n) is 2.44. The van der Waals surface area contributed by atoms with E-state index in [1.165, 1.54) is 4.24 Å². The van der Waals surface area contributed by atoms with E-state index in [1.807, 2.05) is 11.9 Å². The first-order chi connectivity index (χ1) is 6.69. The van der Waals surface area contributed by atoms with Gasteiger partial charge in [-0.15, -0.1) is 23.5 Å². The maximum Gasteiger partial charge on any atom is 0.229 e. The maximum absolute atomic E-state index is 11.8. The zero-order chi connectivity index (χ0) is 10.6. The van der Waals surface area contributed by atoms with Crippen molar-refractivity contribution in [3.05, 3.63) is 10.3 Å². The van der Waals surface area contributed by atoms with Gasteiger partial charge in [0.2, 0.25) is 5.91 Å². The third kappa shape index (κ3) is 2.95. The molecule has 1 rings (SSSR count). The number of carbonyl (C=O) groups excluding carboxylic acids is 1. The van der Waals surface area contributed by atoms with Crippen LogP contribution in [0.3, 0.4) is 0 Å². The Morgan fingerprint density at radius 3 is 2.71 bits per heavy atom. The van der Waals surface area contributed by atoms with Crippen LogP contribution >= 0.6 is 23.5 Å². The highest BCUT2D eigenvalue weighted by Crippen LogP contribution is 2.28. The van der Waals surface area contributed by atoms with E-state index in [2.05, 4.69) is 18.6 Å². The van der Waals surface area contributed by atoms with Gasteiger partial charge in [-0.2, -0.15) is 0 Å². The molecule has 1 unspecified atom stereocenters. The van der Waals surface area contributed by atoms with Gasteiger partial charge in [0.1, 0.15) is 0 Å². The molecule has 1 aliphatic rings. The largest absolute Gasteiger partial charge is 0.345 e. The summed E-state index contributed by atoms with van der Waals surface area (Å²) in [6.45, 7) is 0.914. The van der Waals surface area contributed by atoms with Gasteiger partial charge in [0, 0.05) is 17.8 Å². The van der Waals surface area contributed by atoms with Crippen LogP contribution in [0.4, 0.5) is 0 Å². The molecule has 2 nitrogen and oxygen atoms in total. The smallest absolute Gasteiger partial charge is 0.229 e. The molecule has 0 aromatic rings. The van der Waals surface area contributed by atoms with Gasteiger partial charge in [-0.3, -0.25) is 4.79 Å². The van der Waals surface area contributed by atoms with Crippen molar-refractivity contribution in [2.45, 2.75) is 12.8 Å². The third-order valence-corrected chi connectivity index (χ3v) is 4.52. The fourth-order valence-corrected chi connectivity index (χ4v) is 2.87. The van der Waals surface area contributed by atoms with Crippen LogP contribution in [-0.2, 0) is 4.79 Å². The summed E-state index contributed by atoms with van der Waals surface area (Å²) in [5.74, 6) is 0.389. The van der Waals surface area contributed by atoms with E-state index in [0.717, 1.165) is 19.4 Å². The molecule has 0 radical (unpaired) electrons. The Bertz CT molecular complexity index is 234. The number of carbonyl (C=O) groups is 1. The Kier molecular flexibility index (Phi) is 4.89. The molecule has 0 aromatic heterocycles. The van der Waals surface area contributed by atoms with E-state index in [4.69, 9.17) is 0 Å². The fourth-order valence-electron chi connectivity index (χ4n) is 1.60. The van der Waals surface area contributed by atoms with Gasteiger partial charge in [-0.1, -0.05) is 6.08 Å². The van der Waals surface area contributed by atoms with E-state index in [9.17, 15) is 4.79 Å². The minimum absolute atomic E-state index is 0.114. The van der Waals surface area contributed by atoms with Gasteiger partial charge >= 0.3 is 0 Å². The molecule has 0 N–H and O–H groups in total. The summed E-state index contributed by atoms with van der Waals surface area (Å²) < 4.78 is 1.25. The monoisotopic (exact) mass is 231 g/mol. The van der Waals surface area contributed by atoms with E-state index in [-0.39, 0.29) is 11.8 Å². The number of rotatable bonds is 3. The van der Waals surface area contributed by atoms with E-state index >= 15 is 0 Å². The molecule has 4 heteroatoms. The van der Waals surface area contributed by atoms with E-state index < -0.39 is 0 Å². The number of amides is 1. The van der Waals surface area contributed by atoms with Crippen molar-refractivity contribution in [2.24, 2.45) is 5.92 Å². The summed E-state index contributed by atoms with van der Waals surface area (Å²) in [7, 11) is 1.89. The Morgan fingerprint density at radius 1 is 1.50 bits per heavy atom. The highest BCUT2D eigenvalue weighted by atomic mass is 32.2. The van der Waals surface area contributed by atoms with Crippen LogP contribution in [-0.4, -0.2) is 36.9 Å². The minimum Gasteiger partial charge on any atom is -0.345 e. The molecule has 80 valence electrons. The lowest BCUT2D eigenvalue weighted by atomic mass is 9.98. The Balaban J connectivity index is 2.67. The lowest BCUT2D eigenvalue weighted by Gasteiger charge is -2.27. The van der Waals surface area contributed by atoms with Crippen molar-refractivity contribution >= 4 is 29.4 Å². The molecule has 1 atom stereocenters. The molecule has 1 amide bonds. The molecule has 0 aromatic carbocycles. The molecule has 1 saturated heterocycles. The second-order valence-corrected chi connectivity index (χ2v) is 5.36.